The summed E-state index contributed by atoms with van der Waals surface area (Å²) in [4.78, 5) is 0. The molecule has 1 rings (SSSR count). The summed E-state index contributed by atoms with van der Waals surface area (Å²) in [7, 11) is 0. The van der Waals surface area contributed by atoms with Gasteiger partial charge in [0.25, 0.3) is 0 Å². The Kier molecular flexibility index (Phi) is 3.77. The summed E-state index contributed by atoms with van der Waals surface area (Å²) in [6.45, 7) is 0. The smallest absolute Gasteiger partial charge is 0.130 e. The van der Waals surface area contributed by atoms with Crippen molar-refractivity contribution in [2.75, 3.05) is 0 Å². The van der Waals surface area contributed by atoms with Gasteiger partial charge in [0.1, 0.15) is 29.2 Å². The summed E-state index contributed by atoms with van der Waals surface area (Å²) in [5.41, 5.74) is 0.570. The van der Waals surface area contributed by atoms with E-state index in [2.05, 4.69) is 0 Å². The Morgan fingerprint density at radius 2 is 1.94 bits per heavy atom. The number of alkyl halides is 1. The molecule has 1 aromatic rings. The topological polar surface area (TPSA) is 88.0 Å². The number of hydrogen-bond acceptors (Lipinski definition) is 4. The van der Waals surface area contributed by atoms with Crippen LogP contribution < -0.4 is 0 Å². The molecule has 0 aliphatic carbocycles. The molecule has 0 saturated carbocycles. The average molecular weight is 235 g/mol. The summed E-state index contributed by atoms with van der Waals surface area (Å²) in [5, 5.41) is 36.0. The third-order valence-corrected chi connectivity index (χ3v) is 2.19. The summed E-state index contributed by atoms with van der Waals surface area (Å²) in [6.07, 6.45) is 1.23. The maximum atomic E-state index is 9.56. The minimum absolute atomic E-state index is 0.0535. The number of aromatic hydroxyl groups is 2. The predicted octanol–water partition coefficient (Wildman–Crippen LogP) is 2.27. The van der Waals surface area contributed by atoms with Crippen LogP contribution in [0.1, 0.15) is 11.1 Å². The van der Waals surface area contributed by atoms with Crippen molar-refractivity contribution >= 4 is 17.7 Å². The first kappa shape index (κ1) is 11.9. The van der Waals surface area contributed by atoms with Gasteiger partial charge in [0.2, 0.25) is 0 Å². The van der Waals surface area contributed by atoms with Gasteiger partial charge in [-0.3, -0.25) is 0 Å². The van der Waals surface area contributed by atoms with Gasteiger partial charge in [0.05, 0.1) is 0 Å². The van der Waals surface area contributed by atoms with E-state index in [-0.39, 0.29) is 28.5 Å². The van der Waals surface area contributed by atoms with Gasteiger partial charge in [0, 0.05) is 17.5 Å². The number of phenols is 2. The Hall–Kier alpha value is -2.17. The van der Waals surface area contributed by atoms with Gasteiger partial charge in [-0.2, -0.15) is 10.5 Å². The normalized spacial score (nSPS) is 8.94. The second-order valence-corrected chi connectivity index (χ2v) is 3.22. The Morgan fingerprint density at radius 3 is 2.44 bits per heavy atom. The molecule has 0 bridgehead atoms. The Labute approximate surface area is 97.2 Å². The fourth-order valence-electron chi connectivity index (χ4n) is 1.19. The lowest BCUT2D eigenvalue weighted by Gasteiger charge is -2.06. The average Bonchev–Trinajstić information content (AvgIpc) is 2.27. The van der Waals surface area contributed by atoms with Crippen LogP contribution in [0.2, 0.25) is 0 Å². The summed E-state index contributed by atoms with van der Waals surface area (Å²) in [5.74, 6) is -0.294. The zero-order chi connectivity index (χ0) is 12.1. The molecule has 16 heavy (non-hydrogen) atoms. The van der Waals surface area contributed by atoms with Crippen molar-refractivity contribution in [1.29, 1.82) is 10.5 Å². The zero-order valence-electron chi connectivity index (χ0n) is 8.11. The molecule has 0 amide bonds. The molecule has 0 spiro atoms. The molecule has 2 N–H and O–H groups in total. The van der Waals surface area contributed by atoms with Crippen LogP contribution in [-0.2, 0) is 5.88 Å². The lowest BCUT2D eigenvalue weighted by molar-refractivity contribution is 0.449. The highest BCUT2D eigenvalue weighted by Crippen LogP contribution is 2.30. The Balaban J connectivity index is 3.40. The standard InChI is InChI=1S/C11H7ClN2O2/c12-4-8-2-9(15)3-11(16)10(8)1-7(5-13)6-14/h1-3,15-16H,4H2. The molecule has 1 aromatic carbocycles. The van der Waals surface area contributed by atoms with E-state index in [0.29, 0.717) is 5.56 Å². The highest BCUT2D eigenvalue weighted by Gasteiger charge is 2.08. The fourth-order valence-corrected chi connectivity index (χ4v) is 1.41. The van der Waals surface area contributed by atoms with E-state index in [1.54, 1.807) is 12.1 Å². The molecule has 0 aromatic heterocycles. The van der Waals surface area contributed by atoms with E-state index >= 15 is 0 Å². The van der Waals surface area contributed by atoms with Crippen LogP contribution in [0.25, 0.3) is 6.08 Å². The minimum atomic E-state index is -0.223. The van der Waals surface area contributed by atoms with Gasteiger partial charge >= 0.3 is 0 Å². The number of phenolic OH excluding ortho intramolecular Hbond substituents is 2. The monoisotopic (exact) mass is 234 g/mol. The van der Waals surface area contributed by atoms with E-state index in [9.17, 15) is 10.2 Å². The third kappa shape index (κ3) is 2.44. The number of hydrogen-bond donors (Lipinski definition) is 2. The van der Waals surface area contributed by atoms with Gasteiger partial charge in [-0.1, -0.05) is 0 Å². The van der Waals surface area contributed by atoms with E-state index in [4.69, 9.17) is 22.1 Å². The largest absolute Gasteiger partial charge is 0.508 e. The maximum Gasteiger partial charge on any atom is 0.130 e. The first-order valence-corrected chi connectivity index (χ1v) is 4.78. The van der Waals surface area contributed by atoms with Crippen molar-refractivity contribution in [3.8, 4) is 23.6 Å². The Bertz CT molecular complexity index is 508. The molecular weight excluding hydrogens is 228 g/mol. The Morgan fingerprint density at radius 1 is 1.31 bits per heavy atom. The SMILES string of the molecule is N#CC(C#N)=Cc1c(O)cc(O)cc1CCl. The van der Waals surface area contributed by atoms with E-state index in [1.165, 1.54) is 12.1 Å². The fraction of sp³-hybridized carbons (Fsp3) is 0.0909. The van der Waals surface area contributed by atoms with Crippen LogP contribution in [0.15, 0.2) is 17.7 Å². The van der Waals surface area contributed by atoms with Crippen molar-refractivity contribution in [3.63, 3.8) is 0 Å². The van der Waals surface area contributed by atoms with E-state index in [1.807, 2.05) is 0 Å². The number of halogens is 1. The molecule has 0 aliphatic heterocycles. The molecule has 0 saturated heterocycles. The molecule has 0 radical (unpaired) electrons. The second-order valence-electron chi connectivity index (χ2n) is 2.95. The first-order chi connectivity index (χ1) is 7.62. The molecule has 4 nitrogen and oxygen atoms in total. The first-order valence-electron chi connectivity index (χ1n) is 4.25. The van der Waals surface area contributed by atoms with Crippen LogP contribution in [0.5, 0.6) is 11.5 Å². The highest BCUT2D eigenvalue weighted by molar-refractivity contribution is 6.17. The lowest BCUT2D eigenvalue weighted by atomic mass is 10.0. The predicted molar refractivity (Wildman–Crippen MR) is 58.5 cm³/mol. The van der Waals surface area contributed by atoms with Gasteiger partial charge in [-0.25, -0.2) is 0 Å². The van der Waals surface area contributed by atoms with Gasteiger partial charge in [-0.15, -0.1) is 11.6 Å². The van der Waals surface area contributed by atoms with Crippen molar-refractivity contribution in [2.45, 2.75) is 5.88 Å². The summed E-state index contributed by atoms with van der Waals surface area (Å²) >= 11 is 5.63. The molecule has 0 unspecified atom stereocenters. The van der Waals surface area contributed by atoms with E-state index in [0.717, 1.165) is 6.07 Å². The second kappa shape index (κ2) is 5.06. The molecule has 0 atom stereocenters. The highest BCUT2D eigenvalue weighted by atomic mass is 35.5. The quantitative estimate of drug-likeness (QED) is 0.607. The molecule has 80 valence electrons. The number of rotatable bonds is 2. The van der Waals surface area contributed by atoms with Crippen LogP contribution in [0.4, 0.5) is 0 Å². The minimum Gasteiger partial charge on any atom is -0.508 e. The van der Waals surface area contributed by atoms with Crippen LogP contribution in [0.3, 0.4) is 0 Å². The number of benzene rings is 1. The molecule has 0 aliphatic rings. The van der Waals surface area contributed by atoms with Crippen LogP contribution >= 0.6 is 11.6 Å². The third-order valence-electron chi connectivity index (χ3n) is 1.90. The van der Waals surface area contributed by atoms with Gasteiger partial charge in [0.15, 0.2) is 0 Å². The van der Waals surface area contributed by atoms with Crippen molar-refractivity contribution in [2.24, 2.45) is 0 Å². The zero-order valence-corrected chi connectivity index (χ0v) is 8.86. The molecule has 0 heterocycles. The van der Waals surface area contributed by atoms with Crippen molar-refractivity contribution in [3.05, 3.63) is 28.8 Å². The van der Waals surface area contributed by atoms with Gasteiger partial charge < -0.3 is 10.2 Å². The number of allylic oxidation sites excluding steroid dienone is 1. The van der Waals surface area contributed by atoms with E-state index < -0.39 is 0 Å². The van der Waals surface area contributed by atoms with Crippen molar-refractivity contribution < 1.29 is 10.2 Å². The van der Waals surface area contributed by atoms with Crippen molar-refractivity contribution in [1.82, 2.24) is 0 Å². The molecule has 0 fully saturated rings. The number of nitrogens with zero attached hydrogens (tertiary/aromatic N) is 2. The summed E-state index contributed by atoms with van der Waals surface area (Å²) in [6, 6.07) is 5.84. The molecular formula is C11H7ClN2O2. The maximum absolute atomic E-state index is 9.56. The van der Waals surface area contributed by atoms with Crippen LogP contribution in [0, 0.1) is 22.7 Å². The summed E-state index contributed by atoms with van der Waals surface area (Å²) < 4.78 is 0. The van der Waals surface area contributed by atoms with Gasteiger partial charge in [-0.05, 0) is 17.7 Å². The molecule has 5 heteroatoms. The van der Waals surface area contributed by atoms with Crippen LogP contribution in [-0.4, -0.2) is 10.2 Å². The lowest BCUT2D eigenvalue weighted by Crippen LogP contribution is -1.87. The number of nitriles is 2.